The average Bonchev–Trinajstić information content (AvgIpc) is 2.93. The Morgan fingerprint density at radius 3 is 1.96 bits per heavy atom. The van der Waals surface area contributed by atoms with Crippen LogP contribution in [0.4, 0.5) is 0 Å². The van der Waals surface area contributed by atoms with Gasteiger partial charge in [-0.2, -0.15) is 10.2 Å². The second-order valence-electron chi connectivity index (χ2n) is 8.44. The van der Waals surface area contributed by atoms with Gasteiger partial charge >= 0.3 is 5.97 Å². The molecule has 132 valence electrons. The molecule has 24 heavy (non-hydrogen) atoms. The van der Waals surface area contributed by atoms with Gasteiger partial charge < -0.3 is 5.11 Å². The molecule has 0 fully saturated rings. The summed E-state index contributed by atoms with van der Waals surface area (Å²) in [5, 5.41) is 18.9. The smallest absolute Gasteiger partial charge is 0.351 e. The summed E-state index contributed by atoms with van der Waals surface area (Å²) in [4.78, 5) is 12.1. The van der Waals surface area contributed by atoms with Crippen LogP contribution in [0.1, 0.15) is 70.5 Å². The van der Waals surface area contributed by atoms with Crippen LogP contribution in [0.3, 0.4) is 0 Å². The van der Waals surface area contributed by atoms with Gasteiger partial charge in [0.15, 0.2) is 0 Å². The third-order valence-electron chi connectivity index (χ3n) is 4.00. The summed E-state index contributed by atoms with van der Waals surface area (Å²) >= 11 is 0. The lowest BCUT2D eigenvalue weighted by molar-refractivity contribution is -0.142. The Hall–Kier alpha value is -2.11. The molecule has 0 saturated carbocycles. The number of hydrogen-bond acceptors (Lipinski definition) is 3. The summed E-state index contributed by atoms with van der Waals surface area (Å²) in [7, 11) is 0. The molecule has 0 aliphatic rings. The first-order valence-electron chi connectivity index (χ1n) is 8.18. The van der Waals surface area contributed by atoms with Gasteiger partial charge in [-0.25, -0.2) is 14.2 Å². The Kier molecular flexibility index (Phi) is 4.37. The van der Waals surface area contributed by atoms with Crippen LogP contribution in [0.15, 0.2) is 12.1 Å². The topological polar surface area (TPSA) is 72.9 Å². The number of aromatic nitrogens is 4. The maximum Gasteiger partial charge on any atom is 0.351 e. The molecule has 2 heterocycles. The molecular weight excluding hydrogens is 304 g/mol. The predicted octanol–water partition coefficient (Wildman–Crippen LogP) is 3.42. The quantitative estimate of drug-likeness (QED) is 0.934. The number of rotatable bonds is 3. The maximum atomic E-state index is 12.1. The molecule has 2 aromatic rings. The van der Waals surface area contributed by atoms with Crippen molar-refractivity contribution in [2.45, 2.75) is 72.4 Å². The molecule has 0 aromatic carbocycles. The van der Waals surface area contributed by atoms with Crippen molar-refractivity contribution in [3.8, 4) is 0 Å². The van der Waals surface area contributed by atoms with Crippen LogP contribution in [-0.4, -0.2) is 30.6 Å². The number of aliphatic carboxylic acids is 1. The van der Waals surface area contributed by atoms with Crippen LogP contribution in [0, 0.1) is 13.8 Å². The van der Waals surface area contributed by atoms with Gasteiger partial charge in [-0.3, -0.25) is 0 Å². The van der Waals surface area contributed by atoms with Crippen molar-refractivity contribution in [2.24, 2.45) is 0 Å². The van der Waals surface area contributed by atoms with E-state index in [-0.39, 0.29) is 10.8 Å². The fourth-order valence-corrected chi connectivity index (χ4v) is 2.71. The van der Waals surface area contributed by atoms with Crippen molar-refractivity contribution < 1.29 is 9.90 Å². The Balaban J connectivity index is 2.73. The van der Waals surface area contributed by atoms with Crippen molar-refractivity contribution in [1.82, 2.24) is 19.6 Å². The molecule has 0 aliphatic carbocycles. The predicted molar refractivity (Wildman–Crippen MR) is 93.4 cm³/mol. The lowest BCUT2D eigenvalue weighted by Gasteiger charge is -2.24. The van der Waals surface area contributed by atoms with E-state index in [9.17, 15) is 9.90 Å². The number of carboxylic acid groups (broad SMARTS) is 1. The molecule has 1 N–H and O–H groups in total. The van der Waals surface area contributed by atoms with Crippen molar-refractivity contribution in [3.05, 3.63) is 34.9 Å². The molecule has 0 radical (unpaired) electrons. The average molecular weight is 332 g/mol. The van der Waals surface area contributed by atoms with Gasteiger partial charge in [0.2, 0.25) is 6.17 Å². The minimum Gasteiger partial charge on any atom is -0.478 e. The fraction of sp³-hybridized carbons (Fsp3) is 0.611. The summed E-state index contributed by atoms with van der Waals surface area (Å²) in [5.74, 6) is -0.977. The molecule has 0 saturated heterocycles. The highest BCUT2D eigenvalue weighted by molar-refractivity contribution is 5.72. The van der Waals surface area contributed by atoms with Gasteiger partial charge in [0, 0.05) is 22.2 Å². The minimum absolute atomic E-state index is 0.163. The van der Waals surface area contributed by atoms with Crippen LogP contribution in [-0.2, 0) is 15.6 Å². The zero-order valence-corrected chi connectivity index (χ0v) is 15.9. The van der Waals surface area contributed by atoms with Crippen LogP contribution in [0.2, 0.25) is 0 Å². The number of aryl methyl sites for hydroxylation is 2. The first-order chi connectivity index (χ1) is 10.8. The summed E-state index contributed by atoms with van der Waals surface area (Å²) in [6.45, 7) is 16.1. The molecule has 0 spiro atoms. The van der Waals surface area contributed by atoms with E-state index in [2.05, 4.69) is 51.7 Å². The van der Waals surface area contributed by atoms with Gasteiger partial charge in [0.1, 0.15) is 0 Å². The largest absolute Gasteiger partial charge is 0.478 e. The fourth-order valence-electron chi connectivity index (χ4n) is 2.71. The third-order valence-corrected chi connectivity index (χ3v) is 4.00. The van der Waals surface area contributed by atoms with Crippen molar-refractivity contribution in [2.75, 3.05) is 0 Å². The van der Waals surface area contributed by atoms with E-state index in [1.165, 1.54) is 4.68 Å². The van der Waals surface area contributed by atoms with Crippen molar-refractivity contribution in [3.63, 3.8) is 0 Å². The highest BCUT2D eigenvalue weighted by atomic mass is 16.4. The van der Waals surface area contributed by atoms with Crippen molar-refractivity contribution >= 4 is 5.97 Å². The van der Waals surface area contributed by atoms with Gasteiger partial charge in [-0.05, 0) is 26.0 Å². The summed E-state index contributed by atoms with van der Waals surface area (Å²) in [6, 6.07) is 3.89. The van der Waals surface area contributed by atoms with E-state index in [0.717, 1.165) is 22.8 Å². The van der Waals surface area contributed by atoms with Crippen LogP contribution in [0.5, 0.6) is 0 Å². The van der Waals surface area contributed by atoms with Crippen LogP contribution in [0.25, 0.3) is 0 Å². The van der Waals surface area contributed by atoms with Crippen LogP contribution >= 0.6 is 0 Å². The summed E-state index contributed by atoms with van der Waals surface area (Å²) in [6.07, 6.45) is -0.996. The van der Waals surface area contributed by atoms with E-state index in [4.69, 9.17) is 0 Å². The lowest BCUT2D eigenvalue weighted by atomic mass is 9.88. The number of carboxylic acids is 1. The van der Waals surface area contributed by atoms with Gasteiger partial charge in [-0.1, -0.05) is 41.5 Å². The third kappa shape index (κ3) is 3.37. The Morgan fingerprint density at radius 1 is 1.00 bits per heavy atom. The second-order valence-corrected chi connectivity index (χ2v) is 8.44. The Morgan fingerprint density at radius 2 is 1.58 bits per heavy atom. The van der Waals surface area contributed by atoms with E-state index in [1.807, 2.05) is 26.0 Å². The summed E-state index contributed by atoms with van der Waals surface area (Å²) < 4.78 is 3.15. The van der Waals surface area contributed by atoms with E-state index in [0.29, 0.717) is 0 Å². The summed E-state index contributed by atoms with van der Waals surface area (Å²) in [5.41, 5.74) is 2.95. The molecular formula is C18H28N4O2. The molecule has 0 unspecified atom stereocenters. The highest BCUT2D eigenvalue weighted by Crippen LogP contribution is 2.31. The van der Waals surface area contributed by atoms with Gasteiger partial charge in [0.05, 0.1) is 11.4 Å². The molecule has 0 amide bonds. The van der Waals surface area contributed by atoms with E-state index >= 15 is 0 Å². The molecule has 0 bridgehead atoms. The number of carbonyl (C=O) groups is 1. The molecule has 2 rings (SSSR count). The van der Waals surface area contributed by atoms with Crippen LogP contribution < -0.4 is 0 Å². The normalized spacial score (nSPS) is 14.0. The molecule has 0 aliphatic heterocycles. The Bertz CT molecular complexity index is 757. The molecule has 1 atom stereocenters. The SMILES string of the molecule is Cc1cc(C)n([C@H](C(=O)O)n2nc(C(C)(C)C)cc2C(C)(C)C)n1. The zero-order chi connectivity index (χ0) is 18.4. The van der Waals surface area contributed by atoms with Crippen molar-refractivity contribution in [1.29, 1.82) is 0 Å². The van der Waals surface area contributed by atoms with Gasteiger partial charge in [0.25, 0.3) is 0 Å². The molecule has 2 aromatic heterocycles. The molecule has 6 nitrogen and oxygen atoms in total. The number of hydrogen-bond donors (Lipinski definition) is 1. The Labute approximate surface area is 143 Å². The highest BCUT2D eigenvalue weighted by Gasteiger charge is 2.33. The minimum atomic E-state index is -0.996. The zero-order valence-electron chi connectivity index (χ0n) is 15.9. The molecule has 6 heteroatoms. The monoisotopic (exact) mass is 332 g/mol. The van der Waals surface area contributed by atoms with E-state index in [1.54, 1.807) is 4.68 Å². The maximum absolute atomic E-state index is 12.1. The number of nitrogens with zero attached hydrogens (tertiary/aromatic N) is 4. The first-order valence-corrected chi connectivity index (χ1v) is 8.18. The second kappa shape index (κ2) is 5.76. The lowest BCUT2D eigenvalue weighted by Crippen LogP contribution is -2.33. The standard InChI is InChI=1S/C18H28N4O2/c1-11-9-12(2)21(19-11)15(16(23)24)22-14(18(6,7)8)10-13(20-22)17(3,4)5/h9-10,15H,1-8H3,(H,23,24)/t15-/m0/s1. The first kappa shape index (κ1) is 18.2. The van der Waals surface area contributed by atoms with E-state index < -0.39 is 12.1 Å². The van der Waals surface area contributed by atoms with Gasteiger partial charge in [-0.15, -0.1) is 0 Å².